The third kappa shape index (κ3) is 8.81. The van der Waals surface area contributed by atoms with Crippen molar-refractivity contribution in [2.75, 3.05) is 48.3 Å². The first-order valence-corrected chi connectivity index (χ1v) is 18.5. The smallest absolute Gasteiger partial charge is 0.272 e. The quantitative estimate of drug-likeness (QED) is 0.0927. The van der Waals surface area contributed by atoms with Crippen molar-refractivity contribution in [3.05, 3.63) is 154 Å². The van der Waals surface area contributed by atoms with Gasteiger partial charge in [0.15, 0.2) is 0 Å². The fraction of sp³-hybridized carbons (Fsp3) is 0.209. The van der Waals surface area contributed by atoms with Gasteiger partial charge in [0.2, 0.25) is 5.95 Å². The van der Waals surface area contributed by atoms with Crippen molar-refractivity contribution in [2.24, 2.45) is 0 Å². The second-order valence-electron chi connectivity index (χ2n) is 14.2. The van der Waals surface area contributed by atoms with Crippen molar-refractivity contribution in [2.45, 2.75) is 25.9 Å². The van der Waals surface area contributed by atoms with Gasteiger partial charge in [-0.2, -0.15) is 10.1 Å². The monoisotopic (exact) mass is 767 g/mol. The molecule has 1 aliphatic heterocycles. The highest BCUT2D eigenvalue weighted by molar-refractivity contribution is 5.99. The maximum Gasteiger partial charge on any atom is 0.272 e. The molecule has 0 aliphatic carbocycles. The van der Waals surface area contributed by atoms with Crippen LogP contribution in [0.25, 0.3) is 10.8 Å². The Kier molecular flexibility index (Phi) is 11.1. The minimum atomic E-state index is -1.06. The van der Waals surface area contributed by atoms with Crippen LogP contribution in [0.15, 0.2) is 115 Å². The van der Waals surface area contributed by atoms with Gasteiger partial charge in [-0.1, -0.05) is 42.5 Å². The van der Waals surface area contributed by atoms with E-state index in [1.165, 1.54) is 12.3 Å². The van der Waals surface area contributed by atoms with Gasteiger partial charge in [0.25, 0.3) is 17.4 Å². The van der Waals surface area contributed by atoms with E-state index in [0.29, 0.717) is 71.6 Å². The molecule has 57 heavy (non-hydrogen) atoms. The third-order valence-electron chi connectivity index (χ3n) is 9.74. The number of nitrogens with zero attached hydrogens (tertiary/aromatic N) is 5. The number of carbonyl (C=O) groups excluding carboxylic acids is 2. The first kappa shape index (κ1) is 38.3. The lowest BCUT2D eigenvalue weighted by atomic mass is 9.98. The first-order chi connectivity index (χ1) is 27.5. The van der Waals surface area contributed by atoms with Crippen LogP contribution in [0.2, 0.25) is 0 Å². The summed E-state index contributed by atoms with van der Waals surface area (Å²) in [7, 11) is 0. The average molecular weight is 768 g/mol. The molecule has 4 aromatic carbocycles. The maximum absolute atomic E-state index is 15.1. The van der Waals surface area contributed by atoms with Crippen LogP contribution in [-0.2, 0) is 12.0 Å². The number of carbonyl (C=O) groups is 2. The Balaban J connectivity index is 0.999. The van der Waals surface area contributed by atoms with Gasteiger partial charge in [-0.3, -0.25) is 14.4 Å². The zero-order valence-electron chi connectivity index (χ0n) is 31.6. The number of aliphatic hydroxyl groups is 1. The minimum absolute atomic E-state index is 0.00117. The number of hydrogen-bond donors (Lipinski definition) is 5. The van der Waals surface area contributed by atoms with E-state index in [-0.39, 0.29) is 46.8 Å². The predicted octanol–water partition coefficient (Wildman–Crippen LogP) is 6.04. The van der Waals surface area contributed by atoms with Gasteiger partial charge in [-0.15, -0.1) is 6.58 Å². The Morgan fingerprint density at radius 2 is 1.67 bits per heavy atom. The number of aromatic nitrogens is 4. The second-order valence-corrected chi connectivity index (χ2v) is 14.2. The summed E-state index contributed by atoms with van der Waals surface area (Å²) in [6.07, 6.45) is 3.34. The number of rotatable bonds is 12. The summed E-state index contributed by atoms with van der Waals surface area (Å²) >= 11 is 0. The van der Waals surface area contributed by atoms with Crippen molar-refractivity contribution < 1.29 is 19.1 Å². The number of aromatic amines is 1. The van der Waals surface area contributed by atoms with Crippen molar-refractivity contribution in [1.29, 1.82) is 0 Å². The molecule has 3 heterocycles. The molecule has 0 spiro atoms. The van der Waals surface area contributed by atoms with Crippen LogP contribution in [0.4, 0.5) is 33.2 Å². The van der Waals surface area contributed by atoms with Gasteiger partial charge >= 0.3 is 0 Å². The summed E-state index contributed by atoms with van der Waals surface area (Å²) in [5, 5.41) is 27.7. The number of anilines is 5. The fourth-order valence-corrected chi connectivity index (χ4v) is 6.65. The molecule has 1 fully saturated rings. The van der Waals surface area contributed by atoms with Gasteiger partial charge < -0.3 is 30.9 Å². The molecule has 2 aromatic heterocycles. The first-order valence-electron chi connectivity index (χ1n) is 18.5. The van der Waals surface area contributed by atoms with Gasteiger partial charge in [-0.25, -0.2) is 14.5 Å². The number of H-pyrrole nitrogens is 1. The minimum Gasteiger partial charge on any atom is -0.386 e. The van der Waals surface area contributed by atoms with E-state index in [0.717, 1.165) is 5.69 Å². The number of halogens is 1. The standard InChI is InChI=1S/C43H42FN9O4/c1-4-18-45-39(54)35-26-46-42(49-38(35)47-30-9-7-8-28(25-30)43(2,3)57)48-29-13-15-31(16-14-29)52-19-21-53(22-20-52)41(56)34-23-27(12-17-36(34)44)24-37-32-10-5-6-11-33(32)40(55)51-50-37/h4-17,23,25-26,57H,1,18-22,24H2,2-3H3,(H,45,54)(H,51,55)(H2,46,47,48,49). The second kappa shape index (κ2) is 16.4. The van der Waals surface area contributed by atoms with Gasteiger partial charge in [-0.05, 0) is 79.6 Å². The molecular formula is C43H42FN9O4. The molecule has 1 aliphatic rings. The molecule has 1 saturated heterocycles. The number of fused-ring (bicyclic) bond motifs is 1. The summed E-state index contributed by atoms with van der Waals surface area (Å²) in [6, 6.07) is 26.6. The molecule has 0 radical (unpaired) electrons. The van der Waals surface area contributed by atoms with E-state index in [9.17, 15) is 19.5 Å². The summed E-state index contributed by atoms with van der Waals surface area (Å²) in [5.41, 5.74) is 3.21. The highest BCUT2D eigenvalue weighted by Gasteiger charge is 2.25. The summed E-state index contributed by atoms with van der Waals surface area (Å²) in [4.78, 5) is 51.6. The van der Waals surface area contributed by atoms with Crippen LogP contribution >= 0.6 is 0 Å². The van der Waals surface area contributed by atoms with Gasteiger partial charge in [0.1, 0.15) is 17.2 Å². The van der Waals surface area contributed by atoms with Crippen LogP contribution in [0, 0.1) is 5.82 Å². The molecule has 0 unspecified atom stereocenters. The van der Waals surface area contributed by atoms with Gasteiger partial charge in [0.05, 0.1) is 22.2 Å². The van der Waals surface area contributed by atoms with Crippen LogP contribution in [0.3, 0.4) is 0 Å². The van der Waals surface area contributed by atoms with E-state index in [1.807, 2.05) is 54.6 Å². The molecule has 7 rings (SSSR count). The van der Waals surface area contributed by atoms with Crippen molar-refractivity contribution in [3.8, 4) is 0 Å². The lowest BCUT2D eigenvalue weighted by Gasteiger charge is -2.36. The zero-order chi connectivity index (χ0) is 40.1. The molecule has 290 valence electrons. The Morgan fingerprint density at radius 1 is 0.912 bits per heavy atom. The average Bonchev–Trinajstić information content (AvgIpc) is 3.22. The topological polar surface area (TPSA) is 168 Å². The van der Waals surface area contributed by atoms with E-state index in [2.05, 4.69) is 47.6 Å². The molecular weight excluding hydrogens is 726 g/mol. The Morgan fingerprint density at radius 3 is 2.40 bits per heavy atom. The molecule has 2 amide bonds. The van der Waals surface area contributed by atoms with E-state index >= 15 is 4.39 Å². The van der Waals surface area contributed by atoms with Crippen LogP contribution in [0.5, 0.6) is 0 Å². The lowest BCUT2D eigenvalue weighted by molar-refractivity contribution is 0.0740. The lowest BCUT2D eigenvalue weighted by Crippen LogP contribution is -2.49. The molecule has 6 aromatic rings. The van der Waals surface area contributed by atoms with Crippen LogP contribution in [0.1, 0.15) is 51.4 Å². The predicted molar refractivity (Wildman–Crippen MR) is 219 cm³/mol. The molecule has 0 bridgehead atoms. The molecule has 0 saturated carbocycles. The van der Waals surface area contributed by atoms with E-state index in [1.54, 1.807) is 55.2 Å². The molecule has 5 N–H and O–H groups in total. The van der Waals surface area contributed by atoms with Crippen molar-refractivity contribution in [1.82, 2.24) is 30.4 Å². The number of benzene rings is 4. The number of nitrogens with one attached hydrogen (secondary N) is 4. The zero-order valence-corrected chi connectivity index (χ0v) is 31.6. The Labute approximate surface area is 328 Å². The SMILES string of the molecule is C=CCNC(=O)c1cnc(Nc2ccc(N3CCN(C(=O)c4cc(Cc5n[nH]c(=O)c6ccccc56)ccc4F)CC3)cc2)nc1Nc1cccc(C(C)(C)O)c1. The third-order valence-corrected chi connectivity index (χ3v) is 9.74. The number of piperazine rings is 1. The van der Waals surface area contributed by atoms with Crippen LogP contribution in [-0.4, -0.2) is 74.7 Å². The maximum atomic E-state index is 15.1. The van der Waals surface area contributed by atoms with Crippen molar-refractivity contribution >= 4 is 51.4 Å². The molecule has 14 heteroatoms. The van der Waals surface area contributed by atoms with E-state index in [4.69, 9.17) is 0 Å². The van der Waals surface area contributed by atoms with Crippen LogP contribution < -0.4 is 26.4 Å². The largest absolute Gasteiger partial charge is 0.386 e. The number of hydrogen-bond acceptors (Lipinski definition) is 10. The summed E-state index contributed by atoms with van der Waals surface area (Å²) < 4.78 is 15.1. The van der Waals surface area contributed by atoms with E-state index < -0.39 is 11.4 Å². The molecule has 13 nitrogen and oxygen atoms in total. The van der Waals surface area contributed by atoms with Gasteiger partial charge in [0, 0.05) is 67.8 Å². The highest BCUT2D eigenvalue weighted by Crippen LogP contribution is 2.28. The number of amides is 2. The summed E-state index contributed by atoms with van der Waals surface area (Å²) in [6.45, 7) is 9.24. The normalized spacial score (nSPS) is 13.0. The Hall–Kier alpha value is -6.93. The van der Waals surface area contributed by atoms with Crippen molar-refractivity contribution in [3.63, 3.8) is 0 Å². The molecule has 0 atom stereocenters. The fourth-order valence-electron chi connectivity index (χ4n) is 6.65. The Bertz CT molecular complexity index is 2510. The summed E-state index contributed by atoms with van der Waals surface area (Å²) in [5.74, 6) is -0.809. The highest BCUT2D eigenvalue weighted by atomic mass is 19.1.